The number of aryl methyl sites for hydroxylation is 1. The molecule has 5 heteroatoms. The lowest BCUT2D eigenvalue weighted by Gasteiger charge is -2.34. The largest absolute Gasteiger partial charge is 0.365 e. The Morgan fingerprint density at radius 3 is 2.72 bits per heavy atom. The average Bonchev–Trinajstić information content (AvgIpc) is 2.90. The molecule has 1 saturated heterocycles. The van der Waals surface area contributed by atoms with E-state index in [-0.39, 0.29) is 5.91 Å². The van der Waals surface area contributed by atoms with E-state index in [4.69, 9.17) is 0 Å². The van der Waals surface area contributed by atoms with Crippen LogP contribution in [0.4, 0.5) is 0 Å². The van der Waals surface area contributed by atoms with Crippen molar-refractivity contribution in [3.8, 4) is 0 Å². The molecule has 0 atom stereocenters. The summed E-state index contributed by atoms with van der Waals surface area (Å²) in [6.07, 6.45) is 3.31. The number of carbonyl (C=O) groups is 1. The van der Waals surface area contributed by atoms with Crippen molar-refractivity contribution < 1.29 is 4.79 Å². The van der Waals surface area contributed by atoms with Crippen LogP contribution in [0.25, 0.3) is 0 Å². The summed E-state index contributed by atoms with van der Waals surface area (Å²) in [5.41, 5.74) is 1.14. The molecular weight excluding hydrogens is 246 g/mol. The van der Waals surface area contributed by atoms with Crippen molar-refractivity contribution in [2.75, 3.05) is 38.5 Å². The Morgan fingerprint density at radius 1 is 1.33 bits per heavy atom. The molecule has 0 unspecified atom stereocenters. The zero-order valence-corrected chi connectivity index (χ0v) is 11.5. The second kappa shape index (κ2) is 6.85. The molecule has 1 N–H and O–H groups in total. The number of hydrogen-bond donors (Lipinski definition) is 2. The molecule has 0 spiro atoms. The number of aromatic amines is 1. The molecule has 1 aliphatic rings. The van der Waals surface area contributed by atoms with Gasteiger partial charge in [-0.2, -0.15) is 12.6 Å². The molecule has 2 heterocycles. The Labute approximate surface area is 114 Å². The van der Waals surface area contributed by atoms with E-state index in [0.29, 0.717) is 6.42 Å². The minimum atomic E-state index is 0.273. The van der Waals surface area contributed by atoms with Gasteiger partial charge in [0.1, 0.15) is 0 Å². The highest BCUT2D eigenvalue weighted by atomic mass is 32.1. The number of piperazine rings is 1. The van der Waals surface area contributed by atoms with Crippen molar-refractivity contribution in [2.45, 2.75) is 12.8 Å². The molecule has 0 bridgehead atoms. The van der Waals surface area contributed by atoms with Crippen LogP contribution in [0.15, 0.2) is 18.3 Å². The zero-order valence-electron chi connectivity index (χ0n) is 10.6. The van der Waals surface area contributed by atoms with Gasteiger partial charge < -0.3 is 9.88 Å². The highest BCUT2D eigenvalue weighted by molar-refractivity contribution is 7.80. The Bertz CT molecular complexity index is 358. The monoisotopic (exact) mass is 267 g/mol. The molecule has 0 aromatic carbocycles. The van der Waals surface area contributed by atoms with Gasteiger partial charge in [0.25, 0.3) is 0 Å². The van der Waals surface area contributed by atoms with Crippen LogP contribution in [0.5, 0.6) is 0 Å². The molecule has 18 heavy (non-hydrogen) atoms. The summed E-state index contributed by atoms with van der Waals surface area (Å²) < 4.78 is 0. The van der Waals surface area contributed by atoms with Gasteiger partial charge in [0, 0.05) is 56.8 Å². The first-order valence-electron chi connectivity index (χ1n) is 6.53. The maximum atomic E-state index is 12.0. The van der Waals surface area contributed by atoms with Crippen LogP contribution in [-0.2, 0) is 11.2 Å². The minimum Gasteiger partial charge on any atom is -0.365 e. The lowest BCUT2D eigenvalue weighted by atomic mass is 10.2. The molecule has 100 valence electrons. The first-order chi connectivity index (χ1) is 8.79. The van der Waals surface area contributed by atoms with Crippen molar-refractivity contribution >= 4 is 18.5 Å². The van der Waals surface area contributed by atoms with Gasteiger partial charge in [-0.3, -0.25) is 9.69 Å². The fourth-order valence-electron chi connectivity index (χ4n) is 2.29. The van der Waals surface area contributed by atoms with Crippen LogP contribution in [-0.4, -0.2) is 59.2 Å². The highest BCUT2D eigenvalue weighted by Gasteiger charge is 2.20. The molecule has 1 aromatic rings. The predicted octanol–water partition coefficient (Wildman–Crippen LogP) is 1.02. The van der Waals surface area contributed by atoms with Crippen molar-refractivity contribution in [1.29, 1.82) is 0 Å². The Morgan fingerprint density at radius 2 is 2.11 bits per heavy atom. The normalized spacial score (nSPS) is 17.1. The van der Waals surface area contributed by atoms with E-state index in [1.54, 1.807) is 0 Å². The molecule has 4 nitrogen and oxygen atoms in total. The third-order valence-electron chi connectivity index (χ3n) is 3.41. The minimum absolute atomic E-state index is 0.273. The van der Waals surface area contributed by atoms with Gasteiger partial charge in [-0.25, -0.2) is 0 Å². The Hall–Kier alpha value is -0.940. The van der Waals surface area contributed by atoms with Gasteiger partial charge in [-0.05, 0) is 18.6 Å². The summed E-state index contributed by atoms with van der Waals surface area (Å²) in [5, 5.41) is 0. The summed E-state index contributed by atoms with van der Waals surface area (Å²) >= 11 is 4.24. The quantitative estimate of drug-likeness (QED) is 0.782. The summed E-state index contributed by atoms with van der Waals surface area (Å²) in [5.74, 6) is 1.16. The fourth-order valence-corrected chi connectivity index (χ4v) is 2.57. The highest BCUT2D eigenvalue weighted by Crippen LogP contribution is 2.06. The van der Waals surface area contributed by atoms with E-state index in [0.717, 1.165) is 50.6 Å². The number of carbonyl (C=O) groups excluding carboxylic acids is 1. The summed E-state index contributed by atoms with van der Waals surface area (Å²) in [6, 6.07) is 3.99. The predicted molar refractivity (Wildman–Crippen MR) is 76.0 cm³/mol. The first kappa shape index (κ1) is 13.5. The van der Waals surface area contributed by atoms with Crippen LogP contribution in [0.1, 0.15) is 12.1 Å². The third kappa shape index (κ3) is 3.78. The second-order valence-electron chi connectivity index (χ2n) is 4.64. The summed E-state index contributed by atoms with van der Waals surface area (Å²) in [4.78, 5) is 19.5. The van der Waals surface area contributed by atoms with E-state index in [1.165, 1.54) is 0 Å². The number of nitrogens with one attached hydrogen (secondary N) is 1. The van der Waals surface area contributed by atoms with Gasteiger partial charge in [0.15, 0.2) is 0 Å². The van der Waals surface area contributed by atoms with Gasteiger partial charge >= 0.3 is 0 Å². The standard InChI is InChI=1S/C13H21N3OS/c17-13(4-3-12-2-1-5-14-12)16-8-6-15(7-9-16)10-11-18/h1-2,5,14,18H,3-4,6-11H2. The molecule has 2 rings (SSSR count). The molecule has 1 aromatic heterocycles. The molecule has 0 aliphatic carbocycles. The third-order valence-corrected chi connectivity index (χ3v) is 3.61. The number of thiol groups is 1. The SMILES string of the molecule is O=C(CCc1ccc[nH]1)N1CCN(CCS)CC1. The molecule has 0 radical (unpaired) electrons. The van der Waals surface area contributed by atoms with Crippen LogP contribution in [0.2, 0.25) is 0 Å². The molecule has 1 fully saturated rings. The number of aromatic nitrogens is 1. The lowest BCUT2D eigenvalue weighted by Crippen LogP contribution is -2.49. The van der Waals surface area contributed by atoms with Gasteiger partial charge in [-0.15, -0.1) is 0 Å². The van der Waals surface area contributed by atoms with Gasteiger partial charge in [-0.1, -0.05) is 0 Å². The number of nitrogens with zero attached hydrogens (tertiary/aromatic N) is 2. The number of H-pyrrole nitrogens is 1. The van der Waals surface area contributed by atoms with Crippen molar-refractivity contribution in [3.05, 3.63) is 24.0 Å². The van der Waals surface area contributed by atoms with Crippen molar-refractivity contribution in [2.24, 2.45) is 0 Å². The fraction of sp³-hybridized carbons (Fsp3) is 0.615. The molecule has 0 saturated carbocycles. The Balaban J connectivity index is 1.70. The number of amides is 1. The van der Waals surface area contributed by atoms with E-state index in [9.17, 15) is 4.79 Å². The summed E-state index contributed by atoms with van der Waals surface area (Å²) in [7, 11) is 0. The average molecular weight is 267 g/mol. The smallest absolute Gasteiger partial charge is 0.223 e. The van der Waals surface area contributed by atoms with E-state index < -0.39 is 0 Å². The van der Waals surface area contributed by atoms with E-state index in [1.807, 2.05) is 23.2 Å². The van der Waals surface area contributed by atoms with E-state index >= 15 is 0 Å². The van der Waals surface area contributed by atoms with E-state index in [2.05, 4.69) is 22.5 Å². The maximum absolute atomic E-state index is 12.0. The zero-order chi connectivity index (χ0) is 12.8. The first-order valence-corrected chi connectivity index (χ1v) is 7.16. The van der Waals surface area contributed by atoms with Gasteiger partial charge in [0.05, 0.1) is 0 Å². The molecular formula is C13H21N3OS. The maximum Gasteiger partial charge on any atom is 0.223 e. The van der Waals surface area contributed by atoms with Crippen molar-refractivity contribution in [3.63, 3.8) is 0 Å². The number of hydrogen-bond acceptors (Lipinski definition) is 3. The Kier molecular flexibility index (Phi) is 5.13. The topological polar surface area (TPSA) is 39.3 Å². The van der Waals surface area contributed by atoms with Crippen LogP contribution >= 0.6 is 12.6 Å². The van der Waals surface area contributed by atoms with Crippen LogP contribution in [0.3, 0.4) is 0 Å². The van der Waals surface area contributed by atoms with Crippen molar-refractivity contribution in [1.82, 2.24) is 14.8 Å². The summed E-state index contributed by atoms with van der Waals surface area (Å²) in [6.45, 7) is 4.70. The van der Waals surface area contributed by atoms with Crippen LogP contribution in [0, 0.1) is 0 Å². The lowest BCUT2D eigenvalue weighted by molar-refractivity contribution is -0.132. The molecule has 1 aliphatic heterocycles. The molecule has 1 amide bonds. The number of rotatable bonds is 5. The van der Waals surface area contributed by atoms with Gasteiger partial charge in [0.2, 0.25) is 5.91 Å². The second-order valence-corrected chi connectivity index (χ2v) is 5.09. The van der Waals surface area contributed by atoms with Crippen LogP contribution < -0.4 is 0 Å².